The molecule has 2 aromatic rings. The largest absolute Gasteiger partial charge is 0.290 e. The van der Waals surface area contributed by atoms with Crippen LogP contribution in [0.15, 0.2) is 96.7 Å². The molecule has 0 N–H and O–H groups in total. The molecule has 0 fully saturated rings. The number of amidine groups is 1. The van der Waals surface area contributed by atoms with Crippen molar-refractivity contribution < 1.29 is 13.2 Å². The fourth-order valence-corrected chi connectivity index (χ4v) is 3.92. The third-order valence-electron chi connectivity index (χ3n) is 4.03. The van der Waals surface area contributed by atoms with Gasteiger partial charge in [-0.15, -0.1) is 4.40 Å². The van der Waals surface area contributed by atoms with Crippen LogP contribution in [0.3, 0.4) is 0 Å². The van der Waals surface area contributed by atoms with Crippen molar-refractivity contribution in [2.75, 3.05) is 0 Å². The lowest BCUT2D eigenvalue weighted by molar-refractivity contribution is -0.110. The number of benzene rings is 2. The van der Waals surface area contributed by atoms with Crippen LogP contribution in [0.25, 0.3) is 0 Å². The fourth-order valence-electron chi connectivity index (χ4n) is 2.70. The number of hydrogen-bond acceptors (Lipinski definition) is 3. The first-order valence-electron chi connectivity index (χ1n) is 8.42. The van der Waals surface area contributed by atoms with E-state index in [-0.39, 0.29) is 16.5 Å². The van der Waals surface area contributed by atoms with E-state index in [1.54, 1.807) is 50.2 Å². The van der Waals surface area contributed by atoms with Crippen molar-refractivity contribution in [1.82, 2.24) is 0 Å². The summed E-state index contributed by atoms with van der Waals surface area (Å²) in [4.78, 5) is 16.3. The summed E-state index contributed by atoms with van der Waals surface area (Å²) < 4.78 is 30.4. The number of carbonyl (C=O) groups excluding carboxylic acids is 1. The maximum Gasteiger partial charge on any atom is 0.284 e. The molecule has 1 aliphatic rings. The standard InChI is InChI=1S/C21H17BrN2O3S/c1-14-12-18(25)13-15(2)20(14)23-21(16-6-4-3-5-7-16)24-28(26,27)19-10-8-17(22)9-11-19/h3-13H,1-2H3/b24-21+. The number of nitrogens with zero attached hydrogens (tertiary/aromatic N) is 2. The van der Waals surface area contributed by atoms with Gasteiger partial charge in [0, 0.05) is 10.0 Å². The number of rotatable bonds is 3. The summed E-state index contributed by atoms with van der Waals surface area (Å²) >= 11 is 3.29. The summed E-state index contributed by atoms with van der Waals surface area (Å²) in [6, 6.07) is 15.1. The zero-order chi connectivity index (χ0) is 20.3. The number of carbonyl (C=O) groups is 1. The van der Waals surface area contributed by atoms with Gasteiger partial charge in [-0.2, -0.15) is 8.42 Å². The molecule has 0 spiro atoms. The van der Waals surface area contributed by atoms with E-state index >= 15 is 0 Å². The molecule has 0 saturated heterocycles. The minimum atomic E-state index is -3.97. The van der Waals surface area contributed by atoms with Crippen molar-refractivity contribution in [3.63, 3.8) is 0 Å². The van der Waals surface area contributed by atoms with Gasteiger partial charge in [0.05, 0.1) is 10.6 Å². The summed E-state index contributed by atoms with van der Waals surface area (Å²) in [6.07, 6.45) is 2.94. The number of halogens is 1. The first kappa shape index (κ1) is 20.1. The maximum absolute atomic E-state index is 12.8. The predicted octanol–water partition coefficient (Wildman–Crippen LogP) is 4.50. The van der Waals surface area contributed by atoms with Crippen molar-refractivity contribution >= 4 is 43.3 Å². The van der Waals surface area contributed by atoms with Gasteiger partial charge >= 0.3 is 0 Å². The Morgan fingerprint density at radius 2 is 1.46 bits per heavy atom. The molecule has 2 aromatic carbocycles. The molecule has 0 aliphatic heterocycles. The minimum Gasteiger partial charge on any atom is -0.290 e. The van der Waals surface area contributed by atoms with Gasteiger partial charge in [-0.1, -0.05) is 46.3 Å². The van der Waals surface area contributed by atoms with E-state index in [4.69, 9.17) is 0 Å². The Kier molecular flexibility index (Phi) is 5.86. The Labute approximate surface area is 172 Å². The van der Waals surface area contributed by atoms with Crippen LogP contribution in [0.4, 0.5) is 0 Å². The van der Waals surface area contributed by atoms with Crippen LogP contribution in [-0.2, 0) is 14.8 Å². The number of allylic oxidation sites excluding steroid dienone is 4. The molecule has 3 rings (SSSR count). The molecule has 142 valence electrons. The van der Waals surface area contributed by atoms with Crippen LogP contribution in [0.1, 0.15) is 19.4 Å². The molecule has 5 nitrogen and oxygen atoms in total. The Bertz CT molecular complexity index is 1120. The average molecular weight is 457 g/mol. The molecule has 0 heterocycles. The molecule has 28 heavy (non-hydrogen) atoms. The quantitative estimate of drug-likeness (QED) is 0.387. The lowest BCUT2D eigenvalue weighted by Gasteiger charge is -2.12. The Hall–Kier alpha value is -2.64. The molecule has 1 aliphatic carbocycles. The van der Waals surface area contributed by atoms with E-state index in [2.05, 4.69) is 25.3 Å². The van der Waals surface area contributed by atoms with E-state index < -0.39 is 10.0 Å². The monoisotopic (exact) mass is 456 g/mol. The van der Waals surface area contributed by atoms with Crippen LogP contribution >= 0.6 is 15.9 Å². The molecule has 0 unspecified atom stereocenters. The SMILES string of the molecule is CC1=CC(=O)C=C(C)C1=N/C(=N/S(=O)(=O)c1ccc(Br)cc1)c1ccccc1. The molecule has 0 amide bonds. The molecular formula is C21H17BrN2O3S. The molecule has 7 heteroatoms. The first-order valence-corrected chi connectivity index (χ1v) is 10.7. The van der Waals surface area contributed by atoms with Crippen molar-refractivity contribution in [3.05, 3.63) is 87.9 Å². The average Bonchev–Trinajstić information content (AvgIpc) is 2.64. The highest BCUT2D eigenvalue weighted by Gasteiger charge is 2.18. The van der Waals surface area contributed by atoms with Gasteiger partial charge in [-0.25, -0.2) is 4.99 Å². The van der Waals surface area contributed by atoms with E-state index in [0.717, 1.165) is 4.47 Å². The highest BCUT2D eigenvalue weighted by atomic mass is 79.9. The van der Waals surface area contributed by atoms with Gasteiger partial charge in [0.15, 0.2) is 11.6 Å². The van der Waals surface area contributed by atoms with Gasteiger partial charge in [-0.3, -0.25) is 4.79 Å². The zero-order valence-corrected chi connectivity index (χ0v) is 17.7. The van der Waals surface area contributed by atoms with Crippen molar-refractivity contribution in [2.45, 2.75) is 18.7 Å². The number of sulfonamides is 1. The summed E-state index contributed by atoms with van der Waals surface area (Å²) in [6.45, 7) is 3.53. The number of aliphatic imine (C=N–C) groups is 1. The predicted molar refractivity (Wildman–Crippen MR) is 114 cm³/mol. The second kappa shape index (κ2) is 8.16. The molecule has 0 aromatic heterocycles. The Morgan fingerprint density at radius 1 is 0.893 bits per heavy atom. The normalized spacial score (nSPS) is 15.2. The van der Waals surface area contributed by atoms with Crippen LogP contribution in [0.2, 0.25) is 0 Å². The van der Waals surface area contributed by atoms with E-state index in [9.17, 15) is 13.2 Å². The van der Waals surface area contributed by atoms with E-state index in [1.807, 2.05) is 6.07 Å². The van der Waals surface area contributed by atoms with E-state index in [0.29, 0.717) is 22.4 Å². The Balaban J connectivity index is 2.16. The first-order chi connectivity index (χ1) is 13.3. The molecule has 0 radical (unpaired) electrons. The van der Waals surface area contributed by atoms with Crippen LogP contribution in [0, 0.1) is 0 Å². The van der Waals surface area contributed by atoms with Crippen LogP contribution < -0.4 is 0 Å². The van der Waals surface area contributed by atoms with Gasteiger partial charge in [0.1, 0.15) is 0 Å². The zero-order valence-electron chi connectivity index (χ0n) is 15.3. The van der Waals surface area contributed by atoms with Crippen LogP contribution in [0.5, 0.6) is 0 Å². The highest BCUT2D eigenvalue weighted by molar-refractivity contribution is 9.10. The van der Waals surface area contributed by atoms with Gasteiger partial charge in [0.2, 0.25) is 0 Å². The number of ketones is 1. The topological polar surface area (TPSA) is 75.9 Å². The van der Waals surface area contributed by atoms with Crippen molar-refractivity contribution in [1.29, 1.82) is 0 Å². The van der Waals surface area contributed by atoms with Gasteiger partial charge < -0.3 is 0 Å². The molecule has 0 bridgehead atoms. The number of hydrogen-bond donors (Lipinski definition) is 0. The Morgan fingerprint density at radius 3 is 2.04 bits per heavy atom. The van der Waals surface area contributed by atoms with Crippen molar-refractivity contribution in [2.24, 2.45) is 9.39 Å². The van der Waals surface area contributed by atoms with Gasteiger partial charge in [-0.05, 0) is 61.4 Å². The second-order valence-electron chi connectivity index (χ2n) is 6.23. The second-order valence-corrected chi connectivity index (χ2v) is 8.75. The highest BCUT2D eigenvalue weighted by Crippen LogP contribution is 2.20. The summed E-state index contributed by atoms with van der Waals surface area (Å²) in [5.74, 6) is -0.0528. The lowest BCUT2D eigenvalue weighted by Crippen LogP contribution is -2.14. The minimum absolute atomic E-state index is 0.0633. The van der Waals surface area contributed by atoms with Crippen LogP contribution in [-0.4, -0.2) is 25.7 Å². The van der Waals surface area contributed by atoms with Crippen molar-refractivity contribution in [3.8, 4) is 0 Å². The maximum atomic E-state index is 12.8. The molecular weight excluding hydrogens is 440 g/mol. The smallest absolute Gasteiger partial charge is 0.284 e. The molecule has 0 saturated carbocycles. The summed E-state index contributed by atoms with van der Waals surface area (Å²) in [5.41, 5.74) is 2.42. The lowest BCUT2D eigenvalue weighted by atomic mass is 9.97. The fraction of sp³-hybridized carbons (Fsp3) is 0.0952. The summed E-state index contributed by atoms with van der Waals surface area (Å²) in [7, 11) is -3.97. The van der Waals surface area contributed by atoms with Gasteiger partial charge in [0.25, 0.3) is 10.0 Å². The third-order valence-corrected chi connectivity index (χ3v) is 5.84. The molecule has 0 atom stereocenters. The third kappa shape index (κ3) is 4.61. The summed E-state index contributed by atoms with van der Waals surface area (Å²) in [5, 5.41) is 0. The van der Waals surface area contributed by atoms with E-state index in [1.165, 1.54) is 24.3 Å².